The maximum Gasteiger partial charge on any atom is 0.0789 e. The summed E-state index contributed by atoms with van der Waals surface area (Å²) in [5.74, 6) is 0. The Balaban J connectivity index is 2.18. The monoisotopic (exact) mass is 174 g/mol. The third kappa shape index (κ3) is 2.71. The van der Waals surface area contributed by atoms with Gasteiger partial charge in [0.15, 0.2) is 0 Å². The van der Waals surface area contributed by atoms with Gasteiger partial charge in [-0.1, -0.05) is 0 Å². The number of methoxy groups -OCH3 is 1. The Labute approximate surface area is 73.3 Å². The molecule has 1 aliphatic heterocycles. The fraction of sp³-hybridized carbons (Fsp3) is 1.00. The van der Waals surface area contributed by atoms with Crippen LogP contribution in [0.2, 0.25) is 0 Å². The van der Waals surface area contributed by atoms with E-state index >= 15 is 0 Å². The van der Waals surface area contributed by atoms with Crippen molar-refractivity contribution >= 4 is 0 Å². The van der Waals surface area contributed by atoms with Crippen molar-refractivity contribution in [2.75, 3.05) is 33.3 Å². The summed E-state index contributed by atoms with van der Waals surface area (Å²) in [6.45, 7) is 2.95. The van der Waals surface area contributed by atoms with Gasteiger partial charge in [-0.3, -0.25) is 4.90 Å². The number of aliphatic hydroxyl groups is 1. The van der Waals surface area contributed by atoms with Crippen LogP contribution in [0.3, 0.4) is 0 Å². The summed E-state index contributed by atoms with van der Waals surface area (Å²) in [6, 6.07) is 0. The molecule has 0 radical (unpaired) electrons. The molecule has 0 saturated carbocycles. The van der Waals surface area contributed by atoms with Crippen molar-refractivity contribution in [1.29, 1.82) is 0 Å². The van der Waals surface area contributed by atoms with Crippen LogP contribution in [-0.2, 0) is 4.74 Å². The number of nitrogens with two attached hydrogens (primary N) is 1. The predicted octanol–water partition coefficient (Wildman–Crippen LogP) is -0.973. The van der Waals surface area contributed by atoms with Crippen LogP contribution < -0.4 is 5.73 Å². The number of ether oxygens (including phenoxy) is 1. The van der Waals surface area contributed by atoms with Crippen LogP contribution >= 0.6 is 0 Å². The Kier molecular flexibility index (Phi) is 3.94. The Hall–Kier alpha value is -0.160. The molecule has 1 aliphatic rings. The quantitative estimate of drug-likeness (QED) is 0.575. The molecular formula is C8H18N2O2. The van der Waals surface area contributed by atoms with Crippen LogP contribution in [0.15, 0.2) is 0 Å². The molecule has 0 aliphatic carbocycles. The van der Waals surface area contributed by atoms with Crippen LogP contribution in [0.1, 0.15) is 6.42 Å². The summed E-state index contributed by atoms with van der Waals surface area (Å²) in [4.78, 5) is 2.19. The summed E-state index contributed by atoms with van der Waals surface area (Å²) in [7, 11) is 1.73. The molecule has 4 nitrogen and oxygen atoms in total. The van der Waals surface area contributed by atoms with E-state index < -0.39 is 0 Å². The molecular weight excluding hydrogens is 156 g/mol. The largest absolute Gasteiger partial charge is 0.390 e. The molecule has 1 rings (SSSR count). The minimum absolute atomic E-state index is 0.341. The smallest absolute Gasteiger partial charge is 0.0789 e. The lowest BCUT2D eigenvalue weighted by atomic mass is 10.3. The zero-order valence-electron chi connectivity index (χ0n) is 7.57. The number of likely N-dealkylation sites (tertiary alicyclic amines) is 1. The highest BCUT2D eigenvalue weighted by Crippen LogP contribution is 2.11. The molecule has 1 saturated heterocycles. The van der Waals surface area contributed by atoms with Gasteiger partial charge in [-0.2, -0.15) is 0 Å². The minimum Gasteiger partial charge on any atom is -0.390 e. The highest BCUT2D eigenvalue weighted by Gasteiger charge is 2.22. The summed E-state index contributed by atoms with van der Waals surface area (Å²) in [6.07, 6.45) is 1.02. The van der Waals surface area contributed by atoms with E-state index in [4.69, 9.17) is 10.5 Å². The van der Waals surface area contributed by atoms with Crippen LogP contribution in [0.5, 0.6) is 0 Å². The van der Waals surface area contributed by atoms with E-state index in [0.717, 1.165) is 19.5 Å². The first kappa shape index (κ1) is 9.92. The summed E-state index contributed by atoms with van der Waals surface area (Å²) in [5.41, 5.74) is 5.31. The molecule has 1 fully saturated rings. The molecule has 12 heavy (non-hydrogen) atoms. The summed E-state index contributed by atoms with van der Waals surface area (Å²) < 4.78 is 5.20. The Bertz CT molecular complexity index is 132. The molecule has 2 unspecified atom stereocenters. The van der Waals surface area contributed by atoms with Gasteiger partial charge in [-0.05, 0) is 6.42 Å². The van der Waals surface area contributed by atoms with E-state index in [1.807, 2.05) is 0 Å². The number of rotatable bonds is 4. The lowest BCUT2D eigenvalue weighted by Gasteiger charge is -2.18. The summed E-state index contributed by atoms with van der Waals surface area (Å²) >= 11 is 0. The van der Waals surface area contributed by atoms with Gasteiger partial charge in [0, 0.05) is 33.3 Å². The molecule has 0 aromatic heterocycles. The van der Waals surface area contributed by atoms with Crippen molar-refractivity contribution in [2.45, 2.75) is 18.6 Å². The standard InChI is InChI=1S/C8H18N2O2/c1-12-8-2-3-10(6-8)5-7(11)4-9/h7-8,11H,2-6,9H2,1H3. The number of hydrogen-bond acceptors (Lipinski definition) is 4. The lowest BCUT2D eigenvalue weighted by Crippen LogP contribution is -2.35. The van der Waals surface area contributed by atoms with E-state index in [-0.39, 0.29) is 6.10 Å². The van der Waals surface area contributed by atoms with Crippen LogP contribution in [-0.4, -0.2) is 55.5 Å². The molecule has 4 heteroatoms. The van der Waals surface area contributed by atoms with Crippen molar-refractivity contribution in [1.82, 2.24) is 4.90 Å². The molecule has 0 bridgehead atoms. The zero-order chi connectivity index (χ0) is 8.97. The third-order valence-electron chi connectivity index (χ3n) is 2.30. The fourth-order valence-electron chi connectivity index (χ4n) is 1.53. The second-order valence-electron chi connectivity index (χ2n) is 3.30. The van der Waals surface area contributed by atoms with Gasteiger partial charge in [0.25, 0.3) is 0 Å². The maximum atomic E-state index is 9.27. The molecule has 0 spiro atoms. The molecule has 0 amide bonds. The zero-order valence-corrected chi connectivity index (χ0v) is 7.57. The molecule has 0 aromatic carbocycles. The van der Waals surface area contributed by atoms with Gasteiger partial charge in [0.1, 0.15) is 0 Å². The Morgan fingerprint density at radius 2 is 2.50 bits per heavy atom. The van der Waals surface area contributed by atoms with Gasteiger partial charge >= 0.3 is 0 Å². The van der Waals surface area contributed by atoms with Crippen molar-refractivity contribution < 1.29 is 9.84 Å². The molecule has 72 valence electrons. The number of β-amino-alcohol motifs (C(OH)–C–C–N with tert-alkyl or cyclic N) is 1. The van der Waals surface area contributed by atoms with Gasteiger partial charge < -0.3 is 15.6 Å². The van der Waals surface area contributed by atoms with E-state index in [0.29, 0.717) is 19.2 Å². The average molecular weight is 174 g/mol. The van der Waals surface area contributed by atoms with Gasteiger partial charge in [-0.15, -0.1) is 0 Å². The topological polar surface area (TPSA) is 58.7 Å². The molecule has 0 aromatic rings. The number of aliphatic hydroxyl groups excluding tert-OH is 1. The highest BCUT2D eigenvalue weighted by molar-refractivity contribution is 4.77. The first-order chi connectivity index (χ1) is 5.76. The second-order valence-corrected chi connectivity index (χ2v) is 3.30. The van der Waals surface area contributed by atoms with Crippen molar-refractivity contribution in [3.63, 3.8) is 0 Å². The Morgan fingerprint density at radius 3 is 3.00 bits per heavy atom. The first-order valence-electron chi connectivity index (χ1n) is 4.39. The lowest BCUT2D eigenvalue weighted by molar-refractivity contribution is 0.0920. The van der Waals surface area contributed by atoms with Gasteiger partial charge in [-0.25, -0.2) is 0 Å². The van der Waals surface area contributed by atoms with Crippen LogP contribution in [0, 0.1) is 0 Å². The SMILES string of the molecule is COC1CCN(CC(O)CN)C1. The number of nitrogens with zero attached hydrogens (tertiary/aromatic N) is 1. The molecule has 3 N–H and O–H groups in total. The van der Waals surface area contributed by atoms with E-state index in [1.165, 1.54) is 0 Å². The number of hydrogen-bond donors (Lipinski definition) is 2. The maximum absolute atomic E-state index is 9.27. The predicted molar refractivity (Wildman–Crippen MR) is 46.9 cm³/mol. The van der Waals surface area contributed by atoms with Gasteiger partial charge in [0.05, 0.1) is 12.2 Å². The van der Waals surface area contributed by atoms with Crippen molar-refractivity contribution in [3.05, 3.63) is 0 Å². The first-order valence-corrected chi connectivity index (χ1v) is 4.39. The van der Waals surface area contributed by atoms with Crippen LogP contribution in [0.4, 0.5) is 0 Å². The van der Waals surface area contributed by atoms with Crippen molar-refractivity contribution in [3.8, 4) is 0 Å². The highest BCUT2D eigenvalue weighted by atomic mass is 16.5. The van der Waals surface area contributed by atoms with E-state index in [1.54, 1.807) is 7.11 Å². The average Bonchev–Trinajstić information content (AvgIpc) is 2.52. The third-order valence-corrected chi connectivity index (χ3v) is 2.30. The molecule has 2 atom stereocenters. The van der Waals surface area contributed by atoms with Crippen molar-refractivity contribution in [2.24, 2.45) is 5.73 Å². The minimum atomic E-state index is -0.388. The Morgan fingerprint density at radius 1 is 1.75 bits per heavy atom. The normalized spacial score (nSPS) is 27.8. The second kappa shape index (κ2) is 4.77. The van der Waals surface area contributed by atoms with Crippen LogP contribution in [0.25, 0.3) is 0 Å². The fourth-order valence-corrected chi connectivity index (χ4v) is 1.53. The van der Waals surface area contributed by atoms with E-state index in [2.05, 4.69) is 4.90 Å². The molecule has 1 heterocycles. The summed E-state index contributed by atoms with van der Waals surface area (Å²) in [5, 5.41) is 9.27. The van der Waals surface area contributed by atoms with Gasteiger partial charge in [0.2, 0.25) is 0 Å². The van der Waals surface area contributed by atoms with E-state index in [9.17, 15) is 5.11 Å².